The topological polar surface area (TPSA) is 32.0 Å². The first-order chi connectivity index (χ1) is 29.2. The van der Waals surface area contributed by atoms with E-state index in [4.69, 9.17) is 0 Å². The first-order valence-electron chi connectivity index (χ1n) is 20.4. The smallest absolute Gasteiger partial charge is 0.0992 e. The molecule has 8 aromatic carbocycles. The van der Waals surface area contributed by atoms with Crippen LogP contribution in [0.2, 0.25) is 0 Å². The van der Waals surface area contributed by atoms with Gasteiger partial charge in [0.05, 0.1) is 28.7 Å². The molecule has 0 saturated carbocycles. The molecule has 3 heteroatoms. The van der Waals surface area contributed by atoms with Crippen LogP contribution in [-0.2, 0) is 6.42 Å². The molecule has 0 N–H and O–H groups in total. The average Bonchev–Trinajstić information content (AvgIpc) is 3.96. The minimum absolute atomic E-state index is 0.0601. The van der Waals surface area contributed by atoms with Gasteiger partial charge in [0.1, 0.15) is 0 Å². The van der Waals surface area contributed by atoms with E-state index < -0.39 is 0 Å². The fourth-order valence-electron chi connectivity index (χ4n) is 10.1. The lowest BCUT2D eigenvalue weighted by Gasteiger charge is -2.30. The van der Waals surface area contributed by atoms with Gasteiger partial charge in [-0.3, -0.25) is 0 Å². The van der Waals surface area contributed by atoms with Crippen LogP contribution < -0.4 is 4.90 Å². The van der Waals surface area contributed by atoms with E-state index in [1.165, 1.54) is 88.7 Å². The highest BCUT2D eigenvalue weighted by Crippen LogP contribution is 2.51. The Balaban J connectivity index is 0.938. The molecule has 1 aliphatic heterocycles. The van der Waals surface area contributed by atoms with Crippen LogP contribution in [0.1, 0.15) is 33.7 Å². The van der Waals surface area contributed by atoms with Gasteiger partial charge >= 0.3 is 0 Å². The number of hydrogen-bond donors (Lipinski definition) is 0. The summed E-state index contributed by atoms with van der Waals surface area (Å²) in [5, 5.41) is 12.4. The van der Waals surface area contributed by atoms with Crippen LogP contribution in [0.5, 0.6) is 0 Å². The number of allylic oxidation sites excluding steroid dienone is 2. The van der Waals surface area contributed by atoms with Gasteiger partial charge in [-0.05, 0) is 134 Å². The molecule has 0 radical (unpaired) electrons. The Morgan fingerprint density at radius 1 is 0.525 bits per heavy atom. The Hall–Kier alpha value is -7.67. The third kappa shape index (κ3) is 5.27. The summed E-state index contributed by atoms with van der Waals surface area (Å²) in [5.74, 6) is 0.154. The predicted molar refractivity (Wildman–Crippen MR) is 243 cm³/mol. The summed E-state index contributed by atoms with van der Waals surface area (Å²) in [6.07, 6.45) is 8.17. The highest BCUT2D eigenvalue weighted by molar-refractivity contribution is 6.10. The molecule has 0 saturated heterocycles. The van der Waals surface area contributed by atoms with Gasteiger partial charge in [0.25, 0.3) is 0 Å². The van der Waals surface area contributed by atoms with Crippen molar-refractivity contribution in [3.63, 3.8) is 0 Å². The minimum Gasteiger partial charge on any atom is -0.333 e. The number of nitriles is 1. The fraction of sp³-hybridized carbons (Fsp3) is 0.0536. The maximum atomic E-state index is 9.91. The van der Waals surface area contributed by atoms with Crippen molar-refractivity contribution in [3.05, 3.63) is 228 Å². The molecular weight excluding hydrogens is 715 g/mol. The number of anilines is 2. The van der Waals surface area contributed by atoms with E-state index in [2.05, 4.69) is 198 Å². The van der Waals surface area contributed by atoms with Crippen molar-refractivity contribution in [1.82, 2.24) is 4.57 Å². The Labute approximate surface area is 343 Å². The lowest BCUT2D eigenvalue weighted by molar-refractivity contribution is 0.747. The number of fused-ring (bicyclic) bond motifs is 9. The van der Waals surface area contributed by atoms with Crippen LogP contribution in [0.25, 0.3) is 66.4 Å². The van der Waals surface area contributed by atoms with E-state index in [-0.39, 0.29) is 12.0 Å². The van der Waals surface area contributed by atoms with Crippen molar-refractivity contribution < 1.29 is 0 Å². The number of benzene rings is 8. The molecule has 59 heavy (non-hydrogen) atoms. The number of aromatic nitrogens is 1. The Morgan fingerprint density at radius 2 is 1.22 bits per heavy atom. The van der Waals surface area contributed by atoms with Gasteiger partial charge in [0.15, 0.2) is 0 Å². The van der Waals surface area contributed by atoms with Crippen molar-refractivity contribution in [1.29, 1.82) is 5.26 Å². The van der Waals surface area contributed by atoms with E-state index >= 15 is 0 Å². The molecule has 0 fully saturated rings. The number of nitrogens with zero attached hydrogens (tertiary/aromatic N) is 3. The van der Waals surface area contributed by atoms with Crippen molar-refractivity contribution in [2.24, 2.45) is 0 Å². The van der Waals surface area contributed by atoms with E-state index in [9.17, 15) is 5.26 Å². The zero-order valence-electron chi connectivity index (χ0n) is 32.3. The van der Waals surface area contributed by atoms with Crippen molar-refractivity contribution in [2.75, 3.05) is 4.90 Å². The van der Waals surface area contributed by atoms with Gasteiger partial charge in [0, 0.05) is 33.8 Å². The molecule has 3 nitrogen and oxygen atoms in total. The maximum Gasteiger partial charge on any atom is 0.0992 e. The van der Waals surface area contributed by atoms with Gasteiger partial charge in [-0.25, -0.2) is 0 Å². The van der Waals surface area contributed by atoms with Crippen LogP contribution in [-0.4, -0.2) is 10.6 Å². The summed E-state index contributed by atoms with van der Waals surface area (Å²) in [6, 6.07) is 68.2. The molecule has 276 valence electrons. The Kier molecular flexibility index (Phi) is 7.49. The zero-order valence-corrected chi connectivity index (χ0v) is 32.3. The molecule has 2 atom stereocenters. The van der Waals surface area contributed by atoms with Crippen molar-refractivity contribution in [3.8, 4) is 45.1 Å². The quantitative estimate of drug-likeness (QED) is 0.175. The second kappa shape index (κ2) is 13.2. The molecule has 2 heterocycles. The Bertz CT molecular complexity index is 3280. The average molecular weight is 752 g/mol. The Morgan fingerprint density at radius 3 is 2.12 bits per heavy atom. The van der Waals surface area contributed by atoms with Crippen molar-refractivity contribution in [2.45, 2.75) is 18.4 Å². The van der Waals surface area contributed by atoms with Gasteiger partial charge < -0.3 is 9.47 Å². The molecule has 2 aliphatic carbocycles. The van der Waals surface area contributed by atoms with Crippen LogP contribution in [0.3, 0.4) is 0 Å². The zero-order chi connectivity index (χ0) is 39.0. The summed E-state index contributed by atoms with van der Waals surface area (Å²) in [7, 11) is 0. The predicted octanol–water partition coefficient (Wildman–Crippen LogP) is 13.8. The second-order valence-electron chi connectivity index (χ2n) is 16.0. The number of hydrogen-bond acceptors (Lipinski definition) is 2. The molecule has 1 aromatic heterocycles. The largest absolute Gasteiger partial charge is 0.333 e. The van der Waals surface area contributed by atoms with Crippen LogP contribution in [0.15, 0.2) is 200 Å². The van der Waals surface area contributed by atoms with E-state index in [0.717, 1.165) is 17.8 Å². The molecule has 9 aromatic rings. The fourth-order valence-corrected chi connectivity index (χ4v) is 10.1. The number of para-hydroxylation sites is 2. The SMILES string of the molecule is N#Cc1cccc(N2c3ccc(-c4cccc(-c5ccc6c(c5)c5ccccc5n6-c5ccccc5)c4)cc3C3C=CC(c4cccc5c4Cc4ccccc4-5)=CC32)c1. The number of rotatable bonds is 5. The second-order valence-corrected chi connectivity index (χ2v) is 16.0. The molecule has 0 amide bonds. The lowest BCUT2D eigenvalue weighted by Crippen LogP contribution is -2.29. The van der Waals surface area contributed by atoms with Crippen LogP contribution in [0.4, 0.5) is 11.4 Å². The monoisotopic (exact) mass is 751 g/mol. The molecular formula is C56H37N3. The van der Waals surface area contributed by atoms with Crippen LogP contribution in [0, 0.1) is 11.3 Å². The first kappa shape index (κ1) is 33.5. The van der Waals surface area contributed by atoms with E-state index in [1.54, 1.807) is 0 Å². The standard InChI is InChI=1S/C56H37N3/c57-35-36-11-8-17-44(29-36)59-55-28-25-40(32-52(55)49-26-23-42(34-56(49)59)46-20-10-21-47-45-18-5-4-12-41(45)33-50(46)47)38-14-9-13-37(30-38)39-24-27-54-51(31-39)48-19-6-7-22-53(48)58(54)43-15-2-1-3-16-43/h1-32,34,49,56H,33H2. The van der Waals surface area contributed by atoms with Gasteiger partial charge in [0.2, 0.25) is 0 Å². The van der Waals surface area contributed by atoms with Crippen molar-refractivity contribution >= 4 is 38.8 Å². The molecule has 0 spiro atoms. The third-order valence-corrected chi connectivity index (χ3v) is 12.8. The highest BCUT2D eigenvalue weighted by atomic mass is 15.2. The summed E-state index contributed by atoms with van der Waals surface area (Å²) < 4.78 is 2.37. The normalized spacial score (nSPS) is 16.1. The van der Waals surface area contributed by atoms with Gasteiger partial charge in [-0.1, -0.05) is 133 Å². The summed E-state index contributed by atoms with van der Waals surface area (Å²) in [5.41, 5.74) is 20.6. The summed E-state index contributed by atoms with van der Waals surface area (Å²) in [4.78, 5) is 2.45. The molecule has 12 rings (SSSR count). The summed E-state index contributed by atoms with van der Waals surface area (Å²) in [6.45, 7) is 0. The van der Waals surface area contributed by atoms with Crippen LogP contribution >= 0.6 is 0 Å². The van der Waals surface area contributed by atoms with Gasteiger partial charge in [-0.2, -0.15) is 5.26 Å². The molecule has 0 bridgehead atoms. The molecule has 2 unspecified atom stereocenters. The highest BCUT2D eigenvalue weighted by Gasteiger charge is 2.39. The first-order valence-corrected chi connectivity index (χ1v) is 20.4. The lowest BCUT2D eigenvalue weighted by atomic mass is 9.84. The maximum absolute atomic E-state index is 9.91. The minimum atomic E-state index is 0.0601. The third-order valence-electron chi connectivity index (χ3n) is 12.8. The molecule has 3 aliphatic rings. The van der Waals surface area contributed by atoms with E-state index in [0.29, 0.717) is 5.56 Å². The summed E-state index contributed by atoms with van der Waals surface area (Å²) >= 11 is 0. The van der Waals surface area contributed by atoms with Gasteiger partial charge in [-0.15, -0.1) is 0 Å². The van der Waals surface area contributed by atoms with E-state index in [1.807, 2.05) is 18.2 Å².